The van der Waals surface area contributed by atoms with Crippen LogP contribution >= 0.6 is 0 Å². The molecule has 2 aromatic rings. The van der Waals surface area contributed by atoms with Gasteiger partial charge in [-0.2, -0.15) is 0 Å². The Morgan fingerprint density at radius 2 is 1.65 bits per heavy atom. The lowest BCUT2D eigenvalue weighted by molar-refractivity contribution is 0.465. The van der Waals surface area contributed by atoms with Crippen molar-refractivity contribution in [3.8, 4) is 5.75 Å². The topological polar surface area (TPSA) is 66.4 Å². The van der Waals surface area contributed by atoms with Gasteiger partial charge >= 0.3 is 0 Å². The molecule has 5 heteroatoms. The normalized spacial score (nSPS) is 12.9. The number of para-hydroxylation sites is 1. The maximum Gasteiger partial charge on any atom is 0.175 e. The highest BCUT2D eigenvalue weighted by molar-refractivity contribution is 7.90. The fraction of sp³-hybridized carbons (Fsp3) is 0.200. The van der Waals surface area contributed by atoms with Crippen LogP contribution in [0.5, 0.6) is 5.75 Å². The number of aromatic hydroxyl groups is 1. The molecule has 106 valence electrons. The van der Waals surface area contributed by atoms with E-state index in [1.807, 2.05) is 19.1 Å². The summed E-state index contributed by atoms with van der Waals surface area (Å²) in [5, 5.41) is 13.0. The first-order valence-corrected chi connectivity index (χ1v) is 8.11. The molecule has 0 aliphatic carbocycles. The Balaban J connectivity index is 2.17. The fourth-order valence-electron chi connectivity index (χ4n) is 1.98. The molecule has 2 N–H and O–H groups in total. The van der Waals surface area contributed by atoms with Gasteiger partial charge in [0.05, 0.1) is 10.9 Å². The van der Waals surface area contributed by atoms with Gasteiger partial charge in [-0.1, -0.05) is 18.2 Å². The van der Waals surface area contributed by atoms with Crippen molar-refractivity contribution in [2.75, 3.05) is 11.6 Å². The Kier molecular flexibility index (Phi) is 3.99. The van der Waals surface area contributed by atoms with Gasteiger partial charge in [-0.15, -0.1) is 0 Å². The van der Waals surface area contributed by atoms with E-state index < -0.39 is 9.84 Å². The highest BCUT2D eigenvalue weighted by atomic mass is 32.2. The fourth-order valence-corrected chi connectivity index (χ4v) is 2.61. The van der Waals surface area contributed by atoms with Crippen molar-refractivity contribution in [3.05, 3.63) is 54.1 Å². The van der Waals surface area contributed by atoms with Crippen molar-refractivity contribution >= 4 is 15.5 Å². The number of hydrogen-bond acceptors (Lipinski definition) is 4. The molecule has 0 amide bonds. The number of phenols is 1. The van der Waals surface area contributed by atoms with E-state index in [0.29, 0.717) is 4.90 Å². The Morgan fingerprint density at radius 3 is 2.20 bits per heavy atom. The Hall–Kier alpha value is -2.01. The molecular weight excluding hydrogens is 274 g/mol. The lowest BCUT2D eigenvalue weighted by Gasteiger charge is -2.17. The second kappa shape index (κ2) is 5.54. The van der Waals surface area contributed by atoms with Crippen LogP contribution in [0.3, 0.4) is 0 Å². The first-order chi connectivity index (χ1) is 9.38. The summed E-state index contributed by atoms with van der Waals surface area (Å²) in [5.41, 5.74) is 1.59. The number of rotatable bonds is 4. The Bertz CT molecular complexity index is 693. The largest absolute Gasteiger partial charge is 0.508 e. The summed E-state index contributed by atoms with van der Waals surface area (Å²) in [7, 11) is -3.17. The van der Waals surface area contributed by atoms with E-state index >= 15 is 0 Å². The number of anilines is 1. The third-order valence-electron chi connectivity index (χ3n) is 3.07. The molecule has 0 aromatic heterocycles. The molecule has 1 unspecified atom stereocenters. The van der Waals surface area contributed by atoms with Crippen molar-refractivity contribution in [3.63, 3.8) is 0 Å². The number of benzene rings is 2. The molecule has 0 heterocycles. The maximum absolute atomic E-state index is 11.4. The molecule has 0 bridgehead atoms. The molecule has 0 aliphatic rings. The van der Waals surface area contributed by atoms with Crippen LogP contribution in [0.1, 0.15) is 18.5 Å². The van der Waals surface area contributed by atoms with Crippen molar-refractivity contribution in [2.45, 2.75) is 17.9 Å². The van der Waals surface area contributed by atoms with Crippen LogP contribution in [0.2, 0.25) is 0 Å². The van der Waals surface area contributed by atoms with Gasteiger partial charge in [0.15, 0.2) is 9.84 Å². The average Bonchev–Trinajstić information content (AvgIpc) is 2.38. The van der Waals surface area contributed by atoms with Gasteiger partial charge in [0.2, 0.25) is 0 Å². The van der Waals surface area contributed by atoms with Gasteiger partial charge in [0, 0.05) is 17.5 Å². The second-order valence-electron chi connectivity index (χ2n) is 4.72. The molecule has 4 nitrogen and oxygen atoms in total. The van der Waals surface area contributed by atoms with E-state index in [9.17, 15) is 13.5 Å². The smallest absolute Gasteiger partial charge is 0.175 e. The van der Waals surface area contributed by atoms with Gasteiger partial charge in [0.25, 0.3) is 0 Å². The SMILES string of the molecule is CC(Nc1ccc(S(C)(=O)=O)cc1)c1ccccc1O. The molecule has 0 radical (unpaired) electrons. The summed E-state index contributed by atoms with van der Waals surface area (Å²) >= 11 is 0. The van der Waals surface area contributed by atoms with Crippen molar-refractivity contribution in [1.82, 2.24) is 0 Å². The van der Waals surface area contributed by atoms with Gasteiger partial charge in [-0.05, 0) is 37.3 Å². The van der Waals surface area contributed by atoms with Crippen molar-refractivity contribution < 1.29 is 13.5 Å². The quantitative estimate of drug-likeness (QED) is 0.909. The predicted octanol–water partition coefficient (Wildman–Crippen LogP) is 2.97. The highest BCUT2D eigenvalue weighted by Crippen LogP contribution is 2.26. The maximum atomic E-state index is 11.4. The lowest BCUT2D eigenvalue weighted by Crippen LogP contribution is -2.07. The van der Waals surface area contributed by atoms with Crippen LogP contribution in [0.25, 0.3) is 0 Å². The summed E-state index contributed by atoms with van der Waals surface area (Å²) in [6.07, 6.45) is 1.18. The van der Waals surface area contributed by atoms with Crippen molar-refractivity contribution in [2.24, 2.45) is 0 Å². The zero-order valence-electron chi connectivity index (χ0n) is 11.4. The van der Waals surface area contributed by atoms with Gasteiger partial charge in [0.1, 0.15) is 5.75 Å². The van der Waals surface area contributed by atoms with Crippen LogP contribution in [0, 0.1) is 0 Å². The number of sulfone groups is 1. The summed E-state index contributed by atoms with van der Waals surface area (Å²) in [5.74, 6) is 0.236. The minimum Gasteiger partial charge on any atom is -0.508 e. The minimum atomic E-state index is -3.17. The zero-order valence-corrected chi connectivity index (χ0v) is 12.2. The molecule has 2 aromatic carbocycles. The lowest BCUT2D eigenvalue weighted by atomic mass is 10.1. The van der Waals surface area contributed by atoms with E-state index in [1.54, 1.807) is 36.4 Å². The van der Waals surface area contributed by atoms with Crippen LogP contribution in [0.4, 0.5) is 5.69 Å². The van der Waals surface area contributed by atoms with E-state index in [1.165, 1.54) is 6.26 Å². The summed E-state index contributed by atoms with van der Waals surface area (Å²) in [6, 6.07) is 13.6. The first-order valence-electron chi connectivity index (χ1n) is 6.22. The summed E-state index contributed by atoms with van der Waals surface area (Å²) in [4.78, 5) is 0.290. The third kappa shape index (κ3) is 3.30. The molecule has 20 heavy (non-hydrogen) atoms. The van der Waals surface area contributed by atoms with E-state index in [0.717, 1.165) is 11.3 Å². The van der Waals surface area contributed by atoms with Crippen LogP contribution in [0.15, 0.2) is 53.4 Å². The number of phenolic OH excluding ortho intramolecular Hbond substituents is 1. The predicted molar refractivity (Wildman–Crippen MR) is 79.7 cm³/mol. The second-order valence-corrected chi connectivity index (χ2v) is 6.74. The Labute approximate surface area is 119 Å². The molecule has 0 saturated carbocycles. The Morgan fingerprint density at radius 1 is 1.05 bits per heavy atom. The molecule has 0 fully saturated rings. The first kappa shape index (κ1) is 14.4. The van der Waals surface area contributed by atoms with Gasteiger partial charge in [-0.3, -0.25) is 0 Å². The molecule has 1 atom stereocenters. The van der Waals surface area contributed by atoms with Gasteiger partial charge < -0.3 is 10.4 Å². The number of hydrogen-bond donors (Lipinski definition) is 2. The summed E-state index contributed by atoms with van der Waals surface area (Å²) < 4.78 is 22.8. The average molecular weight is 291 g/mol. The number of nitrogens with one attached hydrogen (secondary N) is 1. The molecule has 0 spiro atoms. The molecule has 2 rings (SSSR count). The van der Waals surface area contributed by atoms with Crippen LogP contribution in [-0.4, -0.2) is 19.8 Å². The standard InChI is InChI=1S/C15H17NO3S/c1-11(14-5-3-4-6-15(14)17)16-12-7-9-13(10-8-12)20(2,18)19/h3-11,16-17H,1-2H3. The van der Waals surface area contributed by atoms with E-state index in [4.69, 9.17) is 0 Å². The monoisotopic (exact) mass is 291 g/mol. The van der Waals surface area contributed by atoms with Crippen molar-refractivity contribution in [1.29, 1.82) is 0 Å². The third-order valence-corrected chi connectivity index (χ3v) is 4.20. The minimum absolute atomic E-state index is 0.0831. The molecule has 0 aliphatic heterocycles. The van der Waals surface area contributed by atoms with Gasteiger partial charge in [-0.25, -0.2) is 8.42 Å². The zero-order chi connectivity index (χ0) is 14.8. The van der Waals surface area contributed by atoms with E-state index in [2.05, 4.69) is 5.32 Å². The summed E-state index contributed by atoms with van der Waals surface area (Å²) in [6.45, 7) is 1.93. The molecule has 0 saturated heterocycles. The van der Waals surface area contributed by atoms with Crippen LogP contribution in [-0.2, 0) is 9.84 Å². The van der Waals surface area contributed by atoms with Crippen LogP contribution < -0.4 is 5.32 Å². The molecular formula is C15H17NO3S. The van der Waals surface area contributed by atoms with E-state index in [-0.39, 0.29) is 11.8 Å². The highest BCUT2D eigenvalue weighted by Gasteiger charge is 2.10.